The van der Waals surface area contributed by atoms with E-state index in [1.54, 1.807) is 24.7 Å². The van der Waals surface area contributed by atoms with Crippen molar-refractivity contribution in [1.82, 2.24) is 10.5 Å². The van der Waals surface area contributed by atoms with Crippen LogP contribution in [0.4, 0.5) is 0 Å². The molecule has 0 atom stereocenters. The quantitative estimate of drug-likeness (QED) is 0.502. The number of amides is 1. The highest BCUT2D eigenvalue weighted by atomic mass is 16.5. The van der Waals surface area contributed by atoms with Gasteiger partial charge in [-0.05, 0) is 31.2 Å². The summed E-state index contributed by atoms with van der Waals surface area (Å²) in [5, 5.41) is 9.38. The summed E-state index contributed by atoms with van der Waals surface area (Å²) in [4.78, 5) is 15.5. The Morgan fingerprint density at radius 3 is 2.84 bits per heavy atom. The minimum absolute atomic E-state index is 0.598. The number of hydrogen-bond acceptors (Lipinski definition) is 4. The van der Waals surface area contributed by atoms with Gasteiger partial charge in [0.25, 0.3) is 5.91 Å². The third-order valence-corrected chi connectivity index (χ3v) is 2.74. The van der Waals surface area contributed by atoms with Crippen LogP contribution in [0.5, 0.6) is 5.75 Å². The summed E-state index contributed by atoms with van der Waals surface area (Å²) in [7, 11) is 1.56. The molecule has 2 N–H and O–H groups in total. The van der Waals surface area contributed by atoms with Crippen LogP contribution in [0.25, 0.3) is 17.0 Å². The maximum atomic E-state index is 11.1. The first-order valence-corrected chi connectivity index (χ1v) is 5.72. The fourth-order valence-electron chi connectivity index (χ4n) is 1.85. The van der Waals surface area contributed by atoms with Crippen molar-refractivity contribution in [1.29, 1.82) is 0 Å². The normalized spacial score (nSPS) is 10.9. The highest BCUT2D eigenvalue weighted by molar-refractivity contribution is 5.96. The summed E-state index contributed by atoms with van der Waals surface area (Å²) in [6.07, 6.45) is 2.82. The Morgan fingerprint density at radius 2 is 2.16 bits per heavy atom. The van der Waals surface area contributed by atoms with E-state index in [4.69, 9.17) is 9.94 Å². The molecule has 2 rings (SSSR count). The Morgan fingerprint density at radius 1 is 1.37 bits per heavy atom. The summed E-state index contributed by atoms with van der Waals surface area (Å²) in [6, 6.07) is 7.48. The second-order valence-corrected chi connectivity index (χ2v) is 4.01. The van der Waals surface area contributed by atoms with E-state index in [0.29, 0.717) is 5.75 Å². The summed E-state index contributed by atoms with van der Waals surface area (Å²) in [5.74, 6) is 0.0410. The average Bonchev–Trinajstić information content (AvgIpc) is 2.43. The van der Waals surface area contributed by atoms with E-state index in [9.17, 15) is 4.79 Å². The van der Waals surface area contributed by atoms with Crippen LogP contribution in [-0.4, -0.2) is 23.2 Å². The van der Waals surface area contributed by atoms with Crippen molar-refractivity contribution < 1.29 is 14.7 Å². The molecule has 0 unspecified atom stereocenters. The van der Waals surface area contributed by atoms with Gasteiger partial charge in [-0.2, -0.15) is 0 Å². The fourth-order valence-corrected chi connectivity index (χ4v) is 1.85. The molecule has 5 heteroatoms. The molecule has 0 fully saturated rings. The molecule has 0 aliphatic heterocycles. The van der Waals surface area contributed by atoms with E-state index in [2.05, 4.69) is 4.98 Å². The van der Waals surface area contributed by atoms with E-state index in [0.717, 1.165) is 22.2 Å². The summed E-state index contributed by atoms with van der Waals surface area (Å²) in [6.45, 7) is 1.92. The smallest absolute Gasteiger partial charge is 0.267 e. The van der Waals surface area contributed by atoms with Crippen LogP contribution in [0.15, 0.2) is 30.3 Å². The third-order valence-electron chi connectivity index (χ3n) is 2.74. The first-order valence-electron chi connectivity index (χ1n) is 5.72. The zero-order valence-corrected chi connectivity index (χ0v) is 10.7. The maximum absolute atomic E-state index is 11.1. The number of nitrogens with zero attached hydrogens (tertiary/aromatic N) is 1. The number of rotatable bonds is 3. The van der Waals surface area contributed by atoms with Crippen LogP contribution in [0, 0.1) is 6.92 Å². The van der Waals surface area contributed by atoms with Gasteiger partial charge in [-0.3, -0.25) is 15.0 Å². The molecule has 0 bridgehead atoms. The zero-order valence-electron chi connectivity index (χ0n) is 10.7. The van der Waals surface area contributed by atoms with Gasteiger partial charge in [0.05, 0.1) is 12.6 Å². The molecule has 0 radical (unpaired) electrons. The van der Waals surface area contributed by atoms with Crippen LogP contribution in [0.2, 0.25) is 0 Å². The number of ether oxygens (including phenoxy) is 1. The van der Waals surface area contributed by atoms with Crippen molar-refractivity contribution in [3.8, 4) is 5.75 Å². The summed E-state index contributed by atoms with van der Waals surface area (Å²) >= 11 is 0. The molecule has 0 saturated carbocycles. The van der Waals surface area contributed by atoms with Crippen molar-refractivity contribution >= 4 is 22.9 Å². The molecule has 1 aromatic carbocycles. The lowest BCUT2D eigenvalue weighted by Gasteiger charge is -2.08. The minimum Gasteiger partial charge on any atom is -0.496 e. The van der Waals surface area contributed by atoms with Gasteiger partial charge in [-0.15, -0.1) is 0 Å². The molecule has 0 aliphatic rings. The van der Waals surface area contributed by atoms with Crippen LogP contribution in [0.1, 0.15) is 11.3 Å². The monoisotopic (exact) mass is 258 g/mol. The van der Waals surface area contributed by atoms with Gasteiger partial charge in [0.15, 0.2) is 0 Å². The average molecular weight is 258 g/mol. The van der Waals surface area contributed by atoms with Crippen LogP contribution < -0.4 is 10.2 Å². The van der Waals surface area contributed by atoms with Crippen molar-refractivity contribution in [2.75, 3.05) is 7.11 Å². The molecule has 2 aromatic rings. The number of benzene rings is 1. The largest absolute Gasteiger partial charge is 0.496 e. The van der Waals surface area contributed by atoms with Crippen molar-refractivity contribution in [3.63, 3.8) is 0 Å². The van der Waals surface area contributed by atoms with Gasteiger partial charge in [0.1, 0.15) is 5.75 Å². The van der Waals surface area contributed by atoms with Gasteiger partial charge in [0.2, 0.25) is 0 Å². The number of aromatic nitrogens is 1. The first-order chi connectivity index (χ1) is 9.15. The molecular formula is C14H14N2O3. The number of pyridine rings is 1. The molecule has 98 valence electrons. The Bertz CT molecular complexity index is 650. The highest BCUT2D eigenvalue weighted by Gasteiger charge is 2.07. The van der Waals surface area contributed by atoms with Gasteiger partial charge >= 0.3 is 0 Å². The molecule has 0 saturated heterocycles. The highest BCUT2D eigenvalue weighted by Crippen LogP contribution is 2.28. The lowest BCUT2D eigenvalue weighted by Crippen LogP contribution is -2.14. The number of carbonyl (C=O) groups excluding carboxylic acids is 1. The molecule has 1 heterocycles. The van der Waals surface area contributed by atoms with E-state index < -0.39 is 5.91 Å². The number of aryl methyl sites for hydroxylation is 1. The predicted octanol–water partition coefficient (Wildman–Crippen LogP) is 2.07. The van der Waals surface area contributed by atoms with E-state index in [-0.39, 0.29) is 0 Å². The predicted molar refractivity (Wildman–Crippen MR) is 72.0 cm³/mol. The molecule has 0 spiro atoms. The molecule has 19 heavy (non-hydrogen) atoms. The summed E-state index contributed by atoms with van der Waals surface area (Å²) in [5.41, 5.74) is 4.04. The van der Waals surface area contributed by atoms with Gasteiger partial charge < -0.3 is 4.74 Å². The van der Waals surface area contributed by atoms with E-state index in [1.165, 1.54) is 6.08 Å². The lowest BCUT2D eigenvalue weighted by atomic mass is 10.1. The van der Waals surface area contributed by atoms with Gasteiger partial charge in [0, 0.05) is 22.7 Å². The second kappa shape index (κ2) is 5.49. The SMILES string of the molecule is COc1ccc2nc(C)ccc2c1/C=C/C(=O)NO. The maximum Gasteiger partial charge on any atom is 0.267 e. The fraction of sp³-hybridized carbons (Fsp3) is 0.143. The molecular weight excluding hydrogens is 244 g/mol. The van der Waals surface area contributed by atoms with Crippen LogP contribution in [-0.2, 0) is 4.79 Å². The van der Waals surface area contributed by atoms with Crippen molar-refractivity contribution in [2.24, 2.45) is 0 Å². The lowest BCUT2D eigenvalue weighted by molar-refractivity contribution is -0.124. The van der Waals surface area contributed by atoms with Crippen LogP contribution in [0.3, 0.4) is 0 Å². The van der Waals surface area contributed by atoms with Gasteiger partial charge in [-0.1, -0.05) is 6.07 Å². The topological polar surface area (TPSA) is 71.5 Å². The Hall–Kier alpha value is -2.40. The number of nitrogens with one attached hydrogen (secondary N) is 1. The number of fused-ring (bicyclic) bond motifs is 1. The minimum atomic E-state index is -0.598. The zero-order chi connectivity index (χ0) is 13.8. The Labute approximate surface area is 110 Å². The first kappa shape index (κ1) is 13.0. The number of hydroxylamine groups is 1. The van der Waals surface area contributed by atoms with E-state index in [1.807, 2.05) is 25.1 Å². The molecule has 1 amide bonds. The third kappa shape index (κ3) is 2.71. The molecule has 0 aliphatic carbocycles. The molecule has 5 nitrogen and oxygen atoms in total. The Kier molecular flexibility index (Phi) is 3.77. The second-order valence-electron chi connectivity index (χ2n) is 4.01. The van der Waals surface area contributed by atoms with Crippen LogP contribution >= 0.6 is 0 Å². The Balaban J connectivity index is 2.61. The number of methoxy groups -OCH3 is 1. The number of carbonyl (C=O) groups is 1. The standard InChI is InChI=1S/C14H14N2O3/c1-9-3-4-10-11(5-8-14(17)16-18)13(19-2)7-6-12(10)15-9/h3-8,18H,1-2H3,(H,16,17)/b8-5+. The van der Waals surface area contributed by atoms with E-state index >= 15 is 0 Å². The summed E-state index contributed by atoms with van der Waals surface area (Å²) < 4.78 is 5.28. The van der Waals surface area contributed by atoms with Crippen molar-refractivity contribution in [3.05, 3.63) is 41.6 Å². The van der Waals surface area contributed by atoms with Gasteiger partial charge in [-0.25, -0.2) is 5.48 Å². The number of hydrogen-bond donors (Lipinski definition) is 2. The molecule has 1 aromatic heterocycles. The van der Waals surface area contributed by atoms with Crippen molar-refractivity contribution in [2.45, 2.75) is 6.92 Å².